The molecule has 3 aromatic rings. The molecule has 0 aliphatic carbocycles. The number of hydrogen-bond donors (Lipinski definition) is 1. The number of hydrogen-bond acceptors (Lipinski definition) is 7. The second kappa shape index (κ2) is 9.83. The second-order valence-electron chi connectivity index (χ2n) is 9.58. The van der Waals surface area contributed by atoms with Gasteiger partial charge in [-0.3, -0.25) is 0 Å². The van der Waals surface area contributed by atoms with Crippen molar-refractivity contribution >= 4 is 40.0 Å². The molecule has 0 spiro atoms. The monoisotopic (exact) mass is 527 g/mol. The lowest BCUT2D eigenvalue weighted by atomic mass is 10.1. The van der Waals surface area contributed by atoms with E-state index in [0.717, 1.165) is 24.6 Å². The summed E-state index contributed by atoms with van der Waals surface area (Å²) in [4.78, 5) is 25.6. The van der Waals surface area contributed by atoms with Crippen molar-refractivity contribution in [2.75, 3.05) is 38.7 Å². The van der Waals surface area contributed by atoms with Crippen molar-refractivity contribution in [3.05, 3.63) is 47.5 Å². The average molecular weight is 528 g/mol. The number of benzene rings is 2. The van der Waals surface area contributed by atoms with Gasteiger partial charge in [-0.2, -0.15) is 0 Å². The quantitative estimate of drug-likeness (QED) is 0.518. The number of morpholine rings is 1. The van der Waals surface area contributed by atoms with Crippen LogP contribution >= 0.6 is 11.6 Å². The van der Waals surface area contributed by atoms with Crippen LogP contribution in [-0.4, -0.2) is 77.4 Å². The summed E-state index contributed by atoms with van der Waals surface area (Å²) in [6.45, 7) is 2.61. The zero-order chi connectivity index (χ0) is 25.5. The van der Waals surface area contributed by atoms with E-state index in [9.17, 15) is 9.18 Å². The van der Waals surface area contributed by atoms with Gasteiger partial charge in [0, 0.05) is 49.6 Å². The number of ether oxygens (including phenoxy) is 3. The maximum Gasteiger partial charge on any atom is 0.320 e. The van der Waals surface area contributed by atoms with Crippen molar-refractivity contribution in [2.45, 2.75) is 37.5 Å². The number of piperidine rings is 1. The SMILES string of the molecule is COc1cc2ncnc(Nc3ccc(F)c(Cl)c3)c2cc1OC1CCN(C(=O)N2CC3CC2CO3)CC1. The van der Waals surface area contributed by atoms with Gasteiger partial charge in [-0.15, -0.1) is 0 Å². The first-order valence-electron chi connectivity index (χ1n) is 12.4. The van der Waals surface area contributed by atoms with Crippen LogP contribution in [0.5, 0.6) is 11.5 Å². The third-order valence-electron chi connectivity index (χ3n) is 7.26. The Kier molecular flexibility index (Phi) is 6.37. The standard InChI is InChI=1S/C26H27ClFN5O4/c1-35-23-11-22-19(25(30-14-29-22)31-15-2-3-21(28)20(27)8-15)10-24(23)37-17-4-6-32(7-5-17)26(34)33-12-18-9-16(33)13-36-18/h2-3,8,10-11,14,16-18H,4-7,9,12-13H2,1H3,(H,29,30,31). The van der Waals surface area contributed by atoms with Crippen LogP contribution in [0.1, 0.15) is 19.3 Å². The molecular weight excluding hydrogens is 501 g/mol. The summed E-state index contributed by atoms with van der Waals surface area (Å²) in [7, 11) is 1.59. The normalized spacial score (nSPS) is 21.5. The molecule has 2 atom stereocenters. The van der Waals surface area contributed by atoms with Gasteiger partial charge in [-0.1, -0.05) is 11.6 Å². The van der Waals surface area contributed by atoms with E-state index < -0.39 is 5.82 Å². The highest BCUT2D eigenvalue weighted by molar-refractivity contribution is 6.31. The van der Waals surface area contributed by atoms with Gasteiger partial charge in [0.25, 0.3) is 0 Å². The van der Waals surface area contributed by atoms with Gasteiger partial charge in [0.05, 0.1) is 36.4 Å². The molecule has 3 aliphatic rings. The lowest BCUT2D eigenvalue weighted by molar-refractivity contribution is 0.0304. The van der Waals surface area contributed by atoms with Crippen molar-refractivity contribution in [3.63, 3.8) is 0 Å². The third-order valence-corrected chi connectivity index (χ3v) is 7.54. The van der Waals surface area contributed by atoms with Crippen LogP contribution in [0, 0.1) is 5.82 Å². The first-order valence-corrected chi connectivity index (χ1v) is 12.7. The minimum absolute atomic E-state index is 0.0180. The molecule has 11 heteroatoms. The fourth-order valence-corrected chi connectivity index (χ4v) is 5.47. The van der Waals surface area contributed by atoms with E-state index >= 15 is 0 Å². The molecule has 2 unspecified atom stereocenters. The number of fused-ring (bicyclic) bond motifs is 3. The summed E-state index contributed by atoms with van der Waals surface area (Å²) in [5.74, 6) is 1.18. The van der Waals surface area contributed by atoms with Crippen molar-refractivity contribution in [1.82, 2.24) is 19.8 Å². The summed E-state index contributed by atoms with van der Waals surface area (Å²) in [6.07, 6.45) is 3.96. The molecule has 6 rings (SSSR count). The molecule has 1 N–H and O–H groups in total. The number of nitrogens with zero attached hydrogens (tertiary/aromatic N) is 4. The molecule has 9 nitrogen and oxygen atoms in total. The van der Waals surface area contributed by atoms with Crippen LogP contribution in [0.25, 0.3) is 10.9 Å². The second-order valence-corrected chi connectivity index (χ2v) is 9.99. The molecule has 3 aliphatic heterocycles. The van der Waals surface area contributed by atoms with Crippen LogP contribution in [0.4, 0.5) is 20.7 Å². The molecular formula is C26H27ClFN5O4. The summed E-state index contributed by atoms with van der Waals surface area (Å²) >= 11 is 5.94. The maximum absolute atomic E-state index is 13.6. The van der Waals surface area contributed by atoms with E-state index in [1.54, 1.807) is 19.2 Å². The van der Waals surface area contributed by atoms with Crippen LogP contribution in [0.15, 0.2) is 36.7 Å². The average Bonchev–Trinajstić information content (AvgIpc) is 3.55. The Labute approximate surface area is 218 Å². The van der Waals surface area contributed by atoms with Crippen molar-refractivity contribution in [2.24, 2.45) is 0 Å². The molecule has 0 saturated carbocycles. The summed E-state index contributed by atoms with van der Waals surface area (Å²) in [6, 6.07) is 8.35. The Hall–Kier alpha value is -3.37. The minimum atomic E-state index is -0.491. The van der Waals surface area contributed by atoms with E-state index in [2.05, 4.69) is 15.3 Å². The number of carbonyl (C=O) groups excluding carboxylic acids is 1. The van der Waals surface area contributed by atoms with Crippen LogP contribution in [0.2, 0.25) is 5.02 Å². The zero-order valence-electron chi connectivity index (χ0n) is 20.3. The number of likely N-dealkylation sites (tertiary alicyclic amines) is 2. The van der Waals surface area contributed by atoms with Gasteiger partial charge in [-0.05, 0) is 30.7 Å². The highest BCUT2D eigenvalue weighted by Gasteiger charge is 2.43. The van der Waals surface area contributed by atoms with Crippen LogP contribution in [-0.2, 0) is 4.74 Å². The largest absolute Gasteiger partial charge is 0.493 e. The summed E-state index contributed by atoms with van der Waals surface area (Å²) in [5, 5.41) is 3.92. The number of methoxy groups -OCH3 is 1. The van der Waals surface area contributed by atoms with Gasteiger partial charge >= 0.3 is 6.03 Å². The topological polar surface area (TPSA) is 89.1 Å². The molecule has 37 heavy (non-hydrogen) atoms. The zero-order valence-corrected chi connectivity index (χ0v) is 21.1. The van der Waals surface area contributed by atoms with Crippen molar-refractivity contribution < 1.29 is 23.4 Å². The number of halogens is 2. The van der Waals surface area contributed by atoms with Crippen LogP contribution < -0.4 is 14.8 Å². The van der Waals surface area contributed by atoms with Crippen molar-refractivity contribution in [3.8, 4) is 11.5 Å². The summed E-state index contributed by atoms with van der Waals surface area (Å²) < 4.78 is 31.2. The lowest BCUT2D eigenvalue weighted by Crippen LogP contribution is -2.51. The Morgan fingerprint density at radius 1 is 1.19 bits per heavy atom. The van der Waals surface area contributed by atoms with Gasteiger partial charge in [0.15, 0.2) is 11.5 Å². The van der Waals surface area contributed by atoms with Gasteiger partial charge in [0.2, 0.25) is 0 Å². The first kappa shape index (κ1) is 24.0. The number of carbonyl (C=O) groups is 1. The first-order chi connectivity index (χ1) is 18.0. The maximum atomic E-state index is 13.6. The number of aromatic nitrogens is 2. The van der Waals surface area contributed by atoms with E-state index in [4.69, 9.17) is 25.8 Å². The fourth-order valence-electron chi connectivity index (χ4n) is 5.29. The number of rotatable bonds is 5. The molecule has 0 radical (unpaired) electrons. The lowest BCUT2D eigenvalue weighted by Gasteiger charge is -2.37. The highest BCUT2D eigenvalue weighted by Crippen LogP contribution is 2.37. The predicted octanol–water partition coefficient (Wildman–Crippen LogP) is 4.61. The molecule has 2 bridgehead atoms. The minimum Gasteiger partial charge on any atom is -0.493 e. The molecule has 2 aromatic carbocycles. The van der Waals surface area contributed by atoms with E-state index in [0.29, 0.717) is 54.8 Å². The van der Waals surface area contributed by atoms with E-state index in [1.807, 2.05) is 15.9 Å². The molecule has 1 aromatic heterocycles. The molecule has 4 heterocycles. The third kappa shape index (κ3) is 4.71. The van der Waals surface area contributed by atoms with Gasteiger partial charge < -0.3 is 29.3 Å². The van der Waals surface area contributed by atoms with Crippen molar-refractivity contribution in [1.29, 1.82) is 0 Å². The molecule has 2 amide bonds. The van der Waals surface area contributed by atoms with E-state index in [1.165, 1.54) is 18.5 Å². The number of amides is 2. The molecule has 194 valence electrons. The molecule has 3 fully saturated rings. The number of anilines is 2. The Balaban J connectivity index is 1.17. The Morgan fingerprint density at radius 3 is 2.73 bits per heavy atom. The van der Waals surface area contributed by atoms with Gasteiger partial charge in [-0.25, -0.2) is 19.2 Å². The predicted molar refractivity (Wildman–Crippen MR) is 136 cm³/mol. The Bertz CT molecular complexity index is 1340. The summed E-state index contributed by atoms with van der Waals surface area (Å²) in [5.41, 5.74) is 1.26. The number of nitrogens with one attached hydrogen (secondary N) is 1. The Morgan fingerprint density at radius 2 is 2.03 bits per heavy atom. The smallest absolute Gasteiger partial charge is 0.320 e. The fraction of sp³-hybridized carbons (Fsp3) is 0.423. The van der Waals surface area contributed by atoms with Gasteiger partial charge in [0.1, 0.15) is 24.1 Å². The molecule has 3 saturated heterocycles. The van der Waals surface area contributed by atoms with Crippen LogP contribution in [0.3, 0.4) is 0 Å². The number of urea groups is 1. The van der Waals surface area contributed by atoms with E-state index in [-0.39, 0.29) is 29.3 Å². The highest BCUT2D eigenvalue weighted by atomic mass is 35.5.